The maximum atomic E-state index is 13.2. The topological polar surface area (TPSA) is 53.1 Å². The molecule has 3 fully saturated rings. The fourth-order valence-corrected chi connectivity index (χ4v) is 6.76. The van der Waals surface area contributed by atoms with Gasteiger partial charge in [0.15, 0.2) is 0 Å². The van der Waals surface area contributed by atoms with Crippen molar-refractivity contribution in [3.63, 3.8) is 0 Å². The predicted molar refractivity (Wildman–Crippen MR) is 106 cm³/mol. The van der Waals surface area contributed by atoms with E-state index in [4.69, 9.17) is 4.74 Å². The van der Waals surface area contributed by atoms with E-state index in [-0.39, 0.29) is 0 Å². The van der Waals surface area contributed by atoms with Gasteiger partial charge < -0.3 is 14.5 Å². The molecule has 1 atom stereocenters. The Labute approximate surface area is 162 Å². The number of hydrogen-bond acceptors (Lipinski definition) is 5. The maximum absolute atomic E-state index is 13.2. The van der Waals surface area contributed by atoms with Gasteiger partial charge in [-0.1, -0.05) is 19.3 Å². The summed E-state index contributed by atoms with van der Waals surface area (Å²) in [6.07, 6.45) is 9.18. The molecule has 0 N–H and O–H groups in total. The summed E-state index contributed by atoms with van der Waals surface area (Å²) < 4.78 is 33.2. The van der Waals surface area contributed by atoms with Crippen LogP contribution in [0.3, 0.4) is 0 Å². The zero-order valence-electron chi connectivity index (χ0n) is 15.8. The molecular weight excluding hydrogens is 362 g/mol. The number of nitrogens with zero attached hydrogens (tertiary/aromatic N) is 3. The molecule has 2 saturated heterocycles. The molecule has 148 valence electrons. The summed E-state index contributed by atoms with van der Waals surface area (Å²) in [5, 5.41) is 0. The summed E-state index contributed by atoms with van der Waals surface area (Å²) in [6.45, 7) is 2.93. The number of ether oxygens (including phenoxy) is 1. The molecule has 3 aliphatic heterocycles. The number of sulfonamides is 1. The lowest BCUT2D eigenvalue weighted by molar-refractivity contribution is 0.0730. The molecule has 0 bridgehead atoms. The van der Waals surface area contributed by atoms with Crippen LogP contribution in [0.25, 0.3) is 0 Å². The number of morpholine rings is 1. The molecule has 1 aromatic carbocycles. The van der Waals surface area contributed by atoms with E-state index in [9.17, 15) is 8.42 Å². The number of rotatable bonds is 3. The van der Waals surface area contributed by atoms with Crippen LogP contribution < -0.4 is 9.80 Å². The van der Waals surface area contributed by atoms with Gasteiger partial charge in [-0.15, -0.1) is 0 Å². The van der Waals surface area contributed by atoms with Crippen molar-refractivity contribution in [3.05, 3.63) is 18.2 Å². The van der Waals surface area contributed by atoms with E-state index in [1.54, 1.807) is 4.31 Å². The minimum Gasteiger partial charge on any atom is -0.379 e. The highest BCUT2D eigenvalue weighted by Crippen LogP contribution is 2.47. The van der Waals surface area contributed by atoms with Crippen LogP contribution in [-0.2, 0) is 14.8 Å². The molecule has 0 aromatic heterocycles. The summed E-state index contributed by atoms with van der Waals surface area (Å²) in [5.74, 6) is 0. The Hall–Kier alpha value is -1.31. The van der Waals surface area contributed by atoms with E-state index in [0.717, 1.165) is 12.2 Å². The van der Waals surface area contributed by atoms with Crippen molar-refractivity contribution >= 4 is 21.4 Å². The Balaban J connectivity index is 1.52. The van der Waals surface area contributed by atoms with Crippen molar-refractivity contribution in [1.82, 2.24) is 4.31 Å². The Morgan fingerprint density at radius 3 is 2.44 bits per heavy atom. The van der Waals surface area contributed by atoms with Crippen LogP contribution in [0, 0.1) is 0 Å². The summed E-state index contributed by atoms with van der Waals surface area (Å²) in [7, 11) is -3.45. The van der Waals surface area contributed by atoms with Gasteiger partial charge in [0, 0.05) is 25.7 Å². The van der Waals surface area contributed by atoms with Crippen molar-refractivity contribution in [2.75, 3.05) is 42.6 Å². The minimum atomic E-state index is -3.45. The zero-order valence-corrected chi connectivity index (χ0v) is 16.7. The maximum Gasteiger partial charge on any atom is 0.243 e. The summed E-state index contributed by atoms with van der Waals surface area (Å²) in [4.78, 5) is 5.50. The molecule has 6 nitrogen and oxygen atoms in total. The second-order valence-corrected chi connectivity index (χ2v) is 10.1. The molecular formula is C20H29N3O3S. The predicted octanol–water partition coefficient (Wildman–Crippen LogP) is 2.79. The third kappa shape index (κ3) is 2.95. The van der Waals surface area contributed by atoms with E-state index in [1.165, 1.54) is 50.6 Å². The van der Waals surface area contributed by atoms with Crippen LogP contribution in [0.2, 0.25) is 0 Å². The van der Waals surface area contributed by atoms with Gasteiger partial charge in [-0.2, -0.15) is 4.31 Å². The molecule has 1 aromatic rings. The normalized spacial score (nSPS) is 27.0. The Morgan fingerprint density at radius 2 is 1.67 bits per heavy atom. The molecule has 0 unspecified atom stereocenters. The van der Waals surface area contributed by atoms with E-state index in [2.05, 4.69) is 9.80 Å². The highest BCUT2D eigenvalue weighted by Gasteiger charge is 2.43. The molecule has 4 aliphatic rings. The van der Waals surface area contributed by atoms with Crippen LogP contribution in [-0.4, -0.2) is 57.8 Å². The fourth-order valence-electron chi connectivity index (χ4n) is 5.33. The Bertz CT molecular complexity index is 801. The molecule has 1 aliphatic carbocycles. The van der Waals surface area contributed by atoms with Gasteiger partial charge in [0.25, 0.3) is 0 Å². The first-order valence-corrected chi connectivity index (χ1v) is 11.9. The van der Waals surface area contributed by atoms with E-state index < -0.39 is 10.0 Å². The third-order valence-corrected chi connectivity index (χ3v) is 8.55. The van der Waals surface area contributed by atoms with Crippen LogP contribution in [0.15, 0.2) is 23.1 Å². The SMILES string of the molecule is O=S(=O)(c1ccc2c(c1)N(C1CCCCC1)[C@H]1CCCN21)N1CCOCC1. The molecule has 7 heteroatoms. The smallest absolute Gasteiger partial charge is 0.243 e. The lowest BCUT2D eigenvalue weighted by Crippen LogP contribution is -2.46. The van der Waals surface area contributed by atoms with Gasteiger partial charge >= 0.3 is 0 Å². The van der Waals surface area contributed by atoms with E-state index >= 15 is 0 Å². The molecule has 3 heterocycles. The lowest BCUT2D eigenvalue weighted by Gasteiger charge is -2.37. The molecule has 0 amide bonds. The quantitative estimate of drug-likeness (QED) is 0.793. The van der Waals surface area contributed by atoms with Crippen LogP contribution in [0.1, 0.15) is 44.9 Å². The Kier molecular flexibility index (Phi) is 4.57. The highest BCUT2D eigenvalue weighted by atomic mass is 32.2. The van der Waals surface area contributed by atoms with Crippen LogP contribution in [0.5, 0.6) is 0 Å². The molecule has 27 heavy (non-hydrogen) atoms. The average molecular weight is 392 g/mol. The van der Waals surface area contributed by atoms with E-state index in [0.29, 0.717) is 43.4 Å². The first-order chi connectivity index (χ1) is 13.2. The van der Waals surface area contributed by atoms with Crippen LogP contribution >= 0.6 is 0 Å². The van der Waals surface area contributed by atoms with Gasteiger partial charge in [0.2, 0.25) is 10.0 Å². The number of hydrogen-bond donors (Lipinski definition) is 0. The van der Waals surface area contributed by atoms with Crippen molar-refractivity contribution in [2.45, 2.75) is 62.0 Å². The van der Waals surface area contributed by atoms with Gasteiger partial charge in [-0.05, 0) is 43.9 Å². The zero-order chi connectivity index (χ0) is 18.4. The number of fused-ring (bicyclic) bond motifs is 3. The van der Waals surface area contributed by atoms with Gasteiger partial charge in [-0.25, -0.2) is 8.42 Å². The second kappa shape index (κ2) is 6.94. The van der Waals surface area contributed by atoms with Crippen LogP contribution in [0.4, 0.5) is 11.4 Å². The van der Waals surface area contributed by atoms with Crippen molar-refractivity contribution in [1.29, 1.82) is 0 Å². The number of anilines is 2. The van der Waals surface area contributed by atoms with Gasteiger partial charge in [0.1, 0.15) is 6.17 Å². The molecule has 1 saturated carbocycles. The van der Waals surface area contributed by atoms with Gasteiger partial charge in [-0.3, -0.25) is 0 Å². The standard InChI is InChI=1S/C20H29N3O3S/c24-27(25,21-11-13-26-14-12-21)17-8-9-18-19(15-17)23(16-5-2-1-3-6-16)20-7-4-10-22(18)20/h8-9,15-16,20H,1-7,10-14H2/t20-/m0/s1. The van der Waals surface area contributed by atoms with Crippen molar-refractivity contribution < 1.29 is 13.2 Å². The molecule has 5 rings (SSSR count). The highest BCUT2D eigenvalue weighted by molar-refractivity contribution is 7.89. The first kappa shape index (κ1) is 17.8. The summed E-state index contributed by atoms with van der Waals surface area (Å²) in [6, 6.07) is 6.35. The van der Waals surface area contributed by atoms with E-state index in [1.807, 2.05) is 18.2 Å². The second-order valence-electron chi connectivity index (χ2n) is 8.18. The van der Waals surface area contributed by atoms with Crippen molar-refractivity contribution in [3.8, 4) is 0 Å². The first-order valence-electron chi connectivity index (χ1n) is 10.4. The molecule has 0 spiro atoms. The average Bonchev–Trinajstić information content (AvgIpc) is 3.29. The monoisotopic (exact) mass is 391 g/mol. The summed E-state index contributed by atoms with van der Waals surface area (Å²) in [5.41, 5.74) is 2.37. The lowest BCUT2D eigenvalue weighted by atomic mass is 9.93. The van der Waals surface area contributed by atoms with Crippen molar-refractivity contribution in [2.24, 2.45) is 0 Å². The largest absolute Gasteiger partial charge is 0.379 e. The number of benzene rings is 1. The third-order valence-electron chi connectivity index (χ3n) is 6.65. The summed E-state index contributed by atoms with van der Waals surface area (Å²) >= 11 is 0. The minimum absolute atomic E-state index is 0.421. The Morgan fingerprint density at radius 1 is 0.889 bits per heavy atom. The molecule has 0 radical (unpaired) electrons. The fraction of sp³-hybridized carbons (Fsp3) is 0.700. The van der Waals surface area contributed by atoms with Gasteiger partial charge in [0.05, 0.1) is 29.5 Å².